The maximum absolute atomic E-state index is 11.9. The number of carbonyl (C=O) groups is 1. The van der Waals surface area contributed by atoms with Gasteiger partial charge in [-0.05, 0) is 12.3 Å². The quantitative estimate of drug-likeness (QED) is 0.761. The van der Waals surface area contributed by atoms with Crippen LogP contribution in [-0.4, -0.2) is 29.0 Å². The first-order chi connectivity index (χ1) is 6.81. The van der Waals surface area contributed by atoms with E-state index in [1.807, 2.05) is 0 Å². The fourth-order valence-corrected chi connectivity index (χ4v) is 2.30. The summed E-state index contributed by atoms with van der Waals surface area (Å²) in [7, 11) is 0. The topological polar surface area (TPSA) is 55.0 Å². The Morgan fingerprint density at radius 1 is 1.79 bits per heavy atom. The summed E-state index contributed by atoms with van der Waals surface area (Å²) in [5, 5.41) is 0. The molecule has 2 atom stereocenters. The van der Waals surface area contributed by atoms with E-state index in [1.54, 1.807) is 12.4 Å². The number of hydrogen-bond donors (Lipinski definition) is 1. The summed E-state index contributed by atoms with van der Waals surface area (Å²) >= 11 is 0. The lowest BCUT2D eigenvalue weighted by Gasteiger charge is -2.07. The van der Waals surface area contributed by atoms with Gasteiger partial charge in [0.2, 0.25) is 0 Å². The minimum atomic E-state index is -0.132. The van der Waals surface area contributed by atoms with Crippen LogP contribution in [0.15, 0.2) is 12.4 Å². The summed E-state index contributed by atoms with van der Waals surface area (Å²) in [6, 6.07) is 0. The van der Waals surface area contributed by atoms with Gasteiger partial charge in [-0.3, -0.25) is 4.79 Å². The molecule has 1 saturated heterocycles. The molecule has 0 spiro atoms. The molecule has 14 heavy (non-hydrogen) atoms. The Morgan fingerprint density at radius 2 is 2.71 bits per heavy atom. The van der Waals surface area contributed by atoms with E-state index in [0.717, 1.165) is 18.9 Å². The second-order valence-corrected chi connectivity index (χ2v) is 4.21. The van der Waals surface area contributed by atoms with Crippen molar-refractivity contribution in [3.05, 3.63) is 18.2 Å². The molecule has 1 aromatic heterocycles. The number of H-pyrrole nitrogens is 1. The number of aromatic nitrogens is 2. The van der Waals surface area contributed by atoms with Gasteiger partial charge in [-0.2, -0.15) is 0 Å². The zero-order valence-corrected chi connectivity index (χ0v) is 7.82. The van der Waals surface area contributed by atoms with E-state index < -0.39 is 0 Å². The van der Waals surface area contributed by atoms with Gasteiger partial charge >= 0.3 is 0 Å². The number of imidazole rings is 1. The molecule has 2 aliphatic rings. The SMILES string of the molecule is O=C(Cc1ncc[nH]1)C12COCC1C2. The molecule has 0 radical (unpaired) electrons. The summed E-state index contributed by atoms with van der Waals surface area (Å²) in [4.78, 5) is 19.0. The average Bonchev–Trinajstić information content (AvgIpc) is 2.62. The van der Waals surface area contributed by atoms with Gasteiger partial charge in [-0.15, -0.1) is 0 Å². The molecule has 1 N–H and O–H groups in total. The number of ether oxygens (including phenoxy) is 1. The Morgan fingerprint density at radius 3 is 3.29 bits per heavy atom. The minimum absolute atomic E-state index is 0.132. The molecule has 3 rings (SSSR count). The number of hydrogen-bond acceptors (Lipinski definition) is 3. The van der Waals surface area contributed by atoms with Gasteiger partial charge in [-0.1, -0.05) is 0 Å². The maximum Gasteiger partial charge on any atom is 0.149 e. The van der Waals surface area contributed by atoms with E-state index in [-0.39, 0.29) is 11.2 Å². The van der Waals surface area contributed by atoms with Crippen LogP contribution in [0.1, 0.15) is 12.2 Å². The molecule has 1 aliphatic carbocycles. The molecular weight excluding hydrogens is 180 g/mol. The van der Waals surface area contributed by atoms with Gasteiger partial charge in [0.05, 0.1) is 25.0 Å². The highest BCUT2D eigenvalue weighted by molar-refractivity contribution is 5.89. The van der Waals surface area contributed by atoms with E-state index in [4.69, 9.17) is 4.74 Å². The second kappa shape index (κ2) is 2.67. The Labute approximate surface area is 81.7 Å². The fraction of sp³-hybridized carbons (Fsp3) is 0.600. The van der Waals surface area contributed by atoms with Crippen molar-refractivity contribution in [2.45, 2.75) is 12.8 Å². The molecule has 2 fully saturated rings. The van der Waals surface area contributed by atoms with Gasteiger partial charge < -0.3 is 9.72 Å². The van der Waals surface area contributed by atoms with Gasteiger partial charge in [-0.25, -0.2) is 4.98 Å². The molecule has 4 heteroatoms. The highest BCUT2D eigenvalue weighted by Crippen LogP contribution is 2.57. The van der Waals surface area contributed by atoms with Crippen LogP contribution in [-0.2, 0) is 16.0 Å². The van der Waals surface area contributed by atoms with Crippen LogP contribution in [0.4, 0.5) is 0 Å². The lowest BCUT2D eigenvalue weighted by molar-refractivity contribution is -0.124. The largest absolute Gasteiger partial charge is 0.380 e. The number of ketones is 1. The molecule has 0 aromatic carbocycles. The van der Waals surface area contributed by atoms with Crippen molar-refractivity contribution in [1.29, 1.82) is 0 Å². The summed E-state index contributed by atoms with van der Waals surface area (Å²) in [6.07, 6.45) is 4.87. The summed E-state index contributed by atoms with van der Waals surface area (Å²) < 4.78 is 5.30. The number of nitrogens with one attached hydrogen (secondary N) is 1. The summed E-state index contributed by atoms with van der Waals surface area (Å²) in [5.74, 6) is 1.54. The van der Waals surface area contributed by atoms with Crippen LogP contribution in [0.2, 0.25) is 0 Å². The van der Waals surface area contributed by atoms with Crippen molar-refractivity contribution < 1.29 is 9.53 Å². The third-order valence-electron chi connectivity index (χ3n) is 3.35. The Kier molecular flexibility index (Phi) is 1.56. The lowest BCUT2D eigenvalue weighted by Crippen LogP contribution is -2.22. The molecule has 2 unspecified atom stereocenters. The Bertz CT molecular complexity index is 360. The minimum Gasteiger partial charge on any atom is -0.380 e. The first-order valence-electron chi connectivity index (χ1n) is 4.90. The van der Waals surface area contributed by atoms with Crippen molar-refractivity contribution in [2.75, 3.05) is 13.2 Å². The highest BCUT2D eigenvalue weighted by atomic mass is 16.5. The van der Waals surface area contributed by atoms with E-state index in [2.05, 4.69) is 9.97 Å². The number of carbonyl (C=O) groups excluding carboxylic acids is 1. The van der Waals surface area contributed by atoms with Gasteiger partial charge in [0.25, 0.3) is 0 Å². The van der Waals surface area contributed by atoms with Crippen molar-refractivity contribution in [2.24, 2.45) is 11.3 Å². The Hall–Kier alpha value is -1.16. The third-order valence-corrected chi connectivity index (χ3v) is 3.35. The predicted molar refractivity (Wildman–Crippen MR) is 48.7 cm³/mol. The molecule has 4 nitrogen and oxygen atoms in total. The van der Waals surface area contributed by atoms with Gasteiger partial charge in [0.1, 0.15) is 11.6 Å². The normalized spacial score (nSPS) is 34.1. The average molecular weight is 192 g/mol. The zero-order chi connectivity index (χ0) is 9.60. The van der Waals surface area contributed by atoms with Crippen LogP contribution >= 0.6 is 0 Å². The van der Waals surface area contributed by atoms with Crippen molar-refractivity contribution in [3.63, 3.8) is 0 Å². The third kappa shape index (κ3) is 1.04. The zero-order valence-electron chi connectivity index (χ0n) is 7.82. The monoisotopic (exact) mass is 192 g/mol. The number of fused-ring (bicyclic) bond motifs is 1. The van der Waals surface area contributed by atoms with Crippen molar-refractivity contribution in [1.82, 2.24) is 9.97 Å². The van der Waals surface area contributed by atoms with Crippen LogP contribution in [0, 0.1) is 11.3 Å². The molecule has 0 bridgehead atoms. The first-order valence-corrected chi connectivity index (χ1v) is 4.90. The molecule has 1 aliphatic heterocycles. The molecule has 2 heterocycles. The number of rotatable bonds is 3. The van der Waals surface area contributed by atoms with Crippen LogP contribution < -0.4 is 0 Å². The summed E-state index contributed by atoms with van der Waals surface area (Å²) in [6.45, 7) is 1.39. The number of Topliss-reactive ketones (excluding diaryl/α,β-unsaturated/α-hetero) is 1. The van der Waals surface area contributed by atoms with E-state index >= 15 is 0 Å². The molecule has 74 valence electrons. The fourth-order valence-electron chi connectivity index (χ4n) is 2.30. The predicted octanol–water partition coefficient (Wildman–Crippen LogP) is 0.558. The molecule has 0 amide bonds. The maximum atomic E-state index is 11.9. The van der Waals surface area contributed by atoms with Crippen LogP contribution in [0.25, 0.3) is 0 Å². The molecule has 1 aromatic rings. The Balaban J connectivity index is 1.72. The van der Waals surface area contributed by atoms with Crippen molar-refractivity contribution >= 4 is 5.78 Å². The second-order valence-electron chi connectivity index (χ2n) is 4.21. The van der Waals surface area contributed by atoms with Crippen molar-refractivity contribution in [3.8, 4) is 0 Å². The van der Waals surface area contributed by atoms with E-state index in [1.165, 1.54) is 0 Å². The van der Waals surface area contributed by atoms with Crippen LogP contribution in [0.3, 0.4) is 0 Å². The summed E-state index contributed by atoms with van der Waals surface area (Å²) in [5.41, 5.74) is -0.132. The van der Waals surface area contributed by atoms with E-state index in [0.29, 0.717) is 18.9 Å². The number of aromatic amines is 1. The standard InChI is InChI=1S/C10H12N2O2/c13-8(3-9-11-1-2-12-9)10-4-7(10)5-14-6-10/h1-2,7H,3-6H2,(H,11,12). The van der Waals surface area contributed by atoms with Gasteiger partial charge in [0.15, 0.2) is 0 Å². The van der Waals surface area contributed by atoms with E-state index in [9.17, 15) is 4.79 Å². The van der Waals surface area contributed by atoms with Crippen LogP contribution in [0.5, 0.6) is 0 Å². The first kappa shape index (κ1) is 8.17. The number of nitrogens with zero attached hydrogens (tertiary/aromatic N) is 1. The molecular formula is C10H12N2O2. The highest BCUT2D eigenvalue weighted by Gasteiger charge is 2.62. The lowest BCUT2D eigenvalue weighted by atomic mass is 9.98. The molecule has 1 saturated carbocycles. The van der Waals surface area contributed by atoms with Gasteiger partial charge in [0, 0.05) is 12.4 Å². The smallest absolute Gasteiger partial charge is 0.149 e.